The molecule has 0 fully saturated rings. The van der Waals surface area contributed by atoms with E-state index in [2.05, 4.69) is 0 Å². The van der Waals surface area contributed by atoms with Gasteiger partial charge in [-0.1, -0.05) is 12.2 Å². The van der Waals surface area contributed by atoms with Gasteiger partial charge in [-0.25, -0.2) is 0 Å². The van der Waals surface area contributed by atoms with E-state index in [0.29, 0.717) is 0 Å². The molecule has 0 spiro atoms. The number of hydrogen-bond acceptors (Lipinski definition) is 6. The summed E-state index contributed by atoms with van der Waals surface area (Å²) in [5.74, 6) is -2.89. The molecule has 0 saturated heterocycles. The predicted octanol–water partition coefficient (Wildman–Crippen LogP) is 1.29. The normalized spacial score (nSPS) is 25.6. The molecule has 0 radical (unpaired) electrons. The van der Waals surface area contributed by atoms with Gasteiger partial charge in [-0.15, -0.1) is 0 Å². The summed E-state index contributed by atoms with van der Waals surface area (Å²) in [4.78, 5) is 24.1. The van der Waals surface area contributed by atoms with Gasteiger partial charge in [0.15, 0.2) is 12.2 Å². The van der Waals surface area contributed by atoms with Crippen LogP contribution in [0.2, 0.25) is 0 Å². The Balaban J connectivity index is 2.98. The number of carbonyl (C=O) groups is 2. The Kier molecular flexibility index (Phi) is 6.67. The van der Waals surface area contributed by atoms with Crippen molar-refractivity contribution in [3.05, 3.63) is 12.2 Å². The second kappa shape index (κ2) is 8.01. The first-order chi connectivity index (χ1) is 9.54. The third-order valence-electron chi connectivity index (χ3n) is 2.97. The number of ether oxygens (including phenoxy) is 4. The van der Waals surface area contributed by atoms with Gasteiger partial charge in [-0.05, 0) is 20.8 Å². The van der Waals surface area contributed by atoms with Crippen LogP contribution in [-0.2, 0) is 28.5 Å². The second-order valence-electron chi connectivity index (χ2n) is 4.39. The fraction of sp³-hybridized carbons (Fsp3) is 0.714. The van der Waals surface area contributed by atoms with E-state index in [1.54, 1.807) is 26.0 Å². The summed E-state index contributed by atoms with van der Waals surface area (Å²) in [6.07, 6.45) is 2.71. The van der Waals surface area contributed by atoms with Gasteiger partial charge in [0, 0.05) is 7.11 Å². The lowest BCUT2D eigenvalue weighted by Crippen LogP contribution is -2.43. The summed E-state index contributed by atoms with van der Waals surface area (Å²) in [5, 5.41) is 0. The quantitative estimate of drug-likeness (QED) is 0.416. The van der Waals surface area contributed by atoms with E-state index >= 15 is 0 Å². The molecule has 0 saturated carbocycles. The Bertz CT molecular complexity index is 347. The van der Waals surface area contributed by atoms with Crippen LogP contribution in [0.1, 0.15) is 20.8 Å². The smallest absolute Gasteiger partial charge is 0.321 e. The lowest BCUT2D eigenvalue weighted by molar-refractivity contribution is -0.193. The Morgan fingerprint density at radius 1 is 1.15 bits per heavy atom. The van der Waals surface area contributed by atoms with Crippen LogP contribution >= 0.6 is 0 Å². The molecule has 0 amide bonds. The van der Waals surface area contributed by atoms with Crippen molar-refractivity contribution in [2.24, 2.45) is 11.8 Å². The lowest BCUT2D eigenvalue weighted by Gasteiger charge is -2.32. The zero-order chi connectivity index (χ0) is 15.1. The molecule has 1 aliphatic rings. The van der Waals surface area contributed by atoms with Crippen LogP contribution in [0.3, 0.4) is 0 Å². The Hall–Kier alpha value is -1.40. The molecule has 0 aliphatic carbocycles. The van der Waals surface area contributed by atoms with Crippen molar-refractivity contribution >= 4 is 11.9 Å². The largest absolute Gasteiger partial charge is 0.465 e. The van der Waals surface area contributed by atoms with E-state index in [1.807, 2.05) is 6.92 Å². The third-order valence-corrected chi connectivity index (χ3v) is 2.97. The summed E-state index contributed by atoms with van der Waals surface area (Å²) in [5.41, 5.74) is 0. The zero-order valence-electron chi connectivity index (χ0n) is 12.3. The molecule has 0 unspecified atom stereocenters. The highest BCUT2D eigenvalue weighted by molar-refractivity contribution is 5.95. The summed E-state index contributed by atoms with van der Waals surface area (Å²) >= 11 is 0. The van der Waals surface area contributed by atoms with E-state index in [1.165, 1.54) is 7.11 Å². The number of rotatable bonds is 6. The van der Waals surface area contributed by atoms with Gasteiger partial charge in [0.2, 0.25) is 0 Å². The maximum Gasteiger partial charge on any atom is 0.321 e. The fourth-order valence-corrected chi connectivity index (χ4v) is 2.08. The summed E-state index contributed by atoms with van der Waals surface area (Å²) in [6, 6.07) is 0. The number of hydrogen-bond donors (Lipinski definition) is 0. The molecule has 1 aliphatic heterocycles. The third kappa shape index (κ3) is 4.05. The van der Waals surface area contributed by atoms with Crippen molar-refractivity contribution in [2.45, 2.75) is 33.2 Å². The van der Waals surface area contributed by atoms with Gasteiger partial charge < -0.3 is 18.9 Å². The van der Waals surface area contributed by atoms with Gasteiger partial charge in [0.05, 0.1) is 25.2 Å². The molecule has 3 atom stereocenters. The van der Waals surface area contributed by atoms with Crippen molar-refractivity contribution in [3.8, 4) is 0 Å². The van der Waals surface area contributed by atoms with Crippen LogP contribution in [0.4, 0.5) is 0 Å². The maximum atomic E-state index is 12.0. The van der Waals surface area contributed by atoms with Crippen molar-refractivity contribution < 1.29 is 28.5 Å². The highest BCUT2D eigenvalue weighted by Gasteiger charge is 2.42. The molecular weight excluding hydrogens is 264 g/mol. The number of carbonyl (C=O) groups excluding carboxylic acids is 2. The molecular formula is C14H22O6. The summed E-state index contributed by atoms with van der Waals surface area (Å²) in [6.45, 7) is 5.61. The van der Waals surface area contributed by atoms with Gasteiger partial charge >= 0.3 is 11.9 Å². The van der Waals surface area contributed by atoms with E-state index < -0.39 is 30.1 Å². The van der Waals surface area contributed by atoms with E-state index in [0.717, 1.165) is 0 Å². The monoisotopic (exact) mass is 286 g/mol. The number of esters is 2. The second-order valence-corrected chi connectivity index (χ2v) is 4.39. The van der Waals surface area contributed by atoms with Crippen LogP contribution in [0.15, 0.2) is 12.2 Å². The highest BCUT2D eigenvalue weighted by Crippen LogP contribution is 2.28. The van der Waals surface area contributed by atoms with Crippen LogP contribution < -0.4 is 0 Å². The first-order valence-corrected chi connectivity index (χ1v) is 6.74. The molecule has 0 aromatic rings. The Labute approximate surface area is 119 Å². The molecule has 0 bridgehead atoms. The van der Waals surface area contributed by atoms with E-state index in [-0.39, 0.29) is 19.3 Å². The van der Waals surface area contributed by atoms with Crippen LogP contribution in [0.5, 0.6) is 0 Å². The van der Waals surface area contributed by atoms with Crippen LogP contribution in [0.25, 0.3) is 0 Å². The topological polar surface area (TPSA) is 71.1 Å². The lowest BCUT2D eigenvalue weighted by atomic mass is 9.89. The van der Waals surface area contributed by atoms with Gasteiger partial charge in [-0.3, -0.25) is 9.59 Å². The minimum Gasteiger partial charge on any atom is -0.465 e. The van der Waals surface area contributed by atoms with Gasteiger partial charge in [0.25, 0.3) is 0 Å². The van der Waals surface area contributed by atoms with E-state index in [9.17, 15) is 9.59 Å². The minimum atomic E-state index is -1.08. The molecule has 6 heteroatoms. The molecule has 6 nitrogen and oxygen atoms in total. The fourth-order valence-electron chi connectivity index (χ4n) is 2.08. The van der Waals surface area contributed by atoms with Gasteiger partial charge in [-0.2, -0.15) is 0 Å². The minimum absolute atomic E-state index is 0.138. The molecule has 0 aromatic carbocycles. The Morgan fingerprint density at radius 3 is 2.15 bits per heavy atom. The molecule has 20 heavy (non-hydrogen) atoms. The van der Waals surface area contributed by atoms with E-state index in [4.69, 9.17) is 18.9 Å². The van der Waals surface area contributed by atoms with Crippen LogP contribution in [-0.4, -0.2) is 44.7 Å². The molecule has 0 N–H and O–H groups in total. The first-order valence-electron chi connectivity index (χ1n) is 6.74. The molecule has 1 heterocycles. The predicted molar refractivity (Wildman–Crippen MR) is 70.7 cm³/mol. The van der Waals surface area contributed by atoms with Crippen molar-refractivity contribution in [1.82, 2.24) is 0 Å². The maximum absolute atomic E-state index is 12.0. The standard InChI is InChI=1S/C14H22O6/c1-5-18-12(15)11(13(16)19-6-2)10-8-7-9(3)20-14(10)17-4/h7-11,14H,5-6H2,1-4H3/t9-,10+,14-/m0/s1. The zero-order valence-corrected chi connectivity index (χ0v) is 12.3. The van der Waals surface area contributed by atoms with Crippen molar-refractivity contribution in [3.63, 3.8) is 0 Å². The van der Waals surface area contributed by atoms with Crippen molar-refractivity contribution in [1.29, 1.82) is 0 Å². The van der Waals surface area contributed by atoms with Crippen molar-refractivity contribution in [2.75, 3.05) is 20.3 Å². The molecule has 0 aromatic heterocycles. The summed E-state index contributed by atoms with van der Waals surface area (Å²) < 4.78 is 20.7. The average Bonchev–Trinajstić information content (AvgIpc) is 2.41. The number of methoxy groups -OCH3 is 1. The first kappa shape index (κ1) is 16.7. The molecule has 114 valence electrons. The average molecular weight is 286 g/mol. The van der Waals surface area contributed by atoms with Crippen LogP contribution in [0, 0.1) is 11.8 Å². The molecule has 1 rings (SSSR count). The Morgan fingerprint density at radius 2 is 1.70 bits per heavy atom. The summed E-state index contributed by atoms with van der Waals surface area (Å²) in [7, 11) is 1.47. The van der Waals surface area contributed by atoms with Gasteiger partial charge in [0.1, 0.15) is 0 Å². The highest BCUT2D eigenvalue weighted by atomic mass is 16.7. The SMILES string of the molecule is CCOC(=O)C(C(=O)OCC)[C@H]1C=C[C@H](C)O[C@@H]1OC.